The van der Waals surface area contributed by atoms with E-state index < -0.39 is 15.6 Å². The fourth-order valence-electron chi connectivity index (χ4n) is 2.14. The van der Waals surface area contributed by atoms with E-state index in [9.17, 15) is 8.42 Å². The molecule has 7 heteroatoms. The number of hydrogen-bond donors (Lipinski definition) is 3. The van der Waals surface area contributed by atoms with Crippen molar-refractivity contribution in [2.45, 2.75) is 51.1 Å². The molecule has 106 valence electrons. The van der Waals surface area contributed by atoms with Gasteiger partial charge in [-0.3, -0.25) is 4.99 Å². The van der Waals surface area contributed by atoms with Crippen molar-refractivity contribution in [3.63, 3.8) is 0 Å². The molecule has 1 rings (SSSR count). The van der Waals surface area contributed by atoms with Gasteiger partial charge < -0.3 is 11.1 Å². The summed E-state index contributed by atoms with van der Waals surface area (Å²) in [6.45, 7) is 3.87. The molecule has 0 aliphatic heterocycles. The molecule has 1 saturated carbocycles. The third-order valence-electron chi connectivity index (χ3n) is 2.81. The van der Waals surface area contributed by atoms with E-state index in [1.54, 1.807) is 13.8 Å². The molecule has 0 heterocycles. The molecule has 18 heavy (non-hydrogen) atoms. The first-order valence-corrected chi connectivity index (χ1v) is 8.12. The van der Waals surface area contributed by atoms with Crippen LogP contribution >= 0.6 is 0 Å². The van der Waals surface area contributed by atoms with Crippen LogP contribution in [0.2, 0.25) is 0 Å². The van der Waals surface area contributed by atoms with Crippen LogP contribution in [0.25, 0.3) is 0 Å². The zero-order chi connectivity index (χ0) is 13.8. The molecule has 0 atom stereocenters. The van der Waals surface area contributed by atoms with E-state index in [1.807, 2.05) is 0 Å². The molecule has 0 unspecified atom stereocenters. The SMILES string of the molecule is CC(C)(CN=C(N)NC1CCCC1)NS(C)(=O)=O. The molecule has 0 bridgehead atoms. The van der Waals surface area contributed by atoms with E-state index in [-0.39, 0.29) is 0 Å². The Morgan fingerprint density at radius 1 is 1.39 bits per heavy atom. The number of nitrogens with two attached hydrogens (primary N) is 1. The summed E-state index contributed by atoms with van der Waals surface area (Å²) in [6, 6.07) is 0.416. The Morgan fingerprint density at radius 3 is 2.44 bits per heavy atom. The van der Waals surface area contributed by atoms with Gasteiger partial charge in [0.2, 0.25) is 10.0 Å². The van der Waals surface area contributed by atoms with Gasteiger partial charge >= 0.3 is 0 Å². The van der Waals surface area contributed by atoms with Crippen molar-refractivity contribution < 1.29 is 8.42 Å². The maximum atomic E-state index is 11.2. The lowest BCUT2D eigenvalue weighted by molar-refractivity contribution is 0.464. The number of guanidine groups is 1. The third kappa shape index (κ3) is 6.20. The Balaban J connectivity index is 2.45. The highest BCUT2D eigenvalue weighted by Gasteiger charge is 2.22. The van der Waals surface area contributed by atoms with E-state index in [0.717, 1.165) is 19.1 Å². The van der Waals surface area contributed by atoms with Crippen molar-refractivity contribution in [3.8, 4) is 0 Å². The van der Waals surface area contributed by atoms with Crippen molar-refractivity contribution in [1.82, 2.24) is 10.0 Å². The molecule has 0 aromatic carbocycles. The molecule has 0 radical (unpaired) electrons. The maximum absolute atomic E-state index is 11.2. The minimum Gasteiger partial charge on any atom is -0.370 e. The summed E-state index contributed by atoms with van der Waals surface area (Å²) in [4.78, 5) is 4.20. The Morgan fingerprint density at radius 2 is 1.94 bits per heavy atom. The fourth-order valence-corrected chi connectivity index (χ4v) is 3.21. The van der Waals surface area contributed by atoms with Crippen LogP contribution in [0.5, 0.6) is 0 Å². The number of aliphatic imine (C=N–C) groups is 1. The quantitative estimate of drug-likeness (QED) is 0.492. The standard InChI is InChI=1S/C11H24N4O2S/c1-11(2,15-18(3,16)17)8-13-10(12)14-9-6-4-5-7-9/h9,15H,4-8H2,1-3H3,(H3,12,13,14). The van der Waals surface area contributed by atoms with Gasteiger partial charge in [0.05, 0.1) is 12.8 Å². The summed E-state index contributed by atoms with van der Waals surface area (Å²) in [6.07, 6.45) is 5.85. The van der Waals surface area contributed by atoms with Gasteiger partial charge in [0.25, 0.3) is 0 Å². The lowest BCUT2D eigenvalue weighted by Gasteiger charge is -2.23. The van der Waals surface area contributed by atoms with Crippen LogP contribution < -0.4 is 15.8 Å². The molecule has 1 fully saturated rings. The average Bonchev–Trinajstić information content (AvgIpc) is 2.64. The molecular formula is C11H24N4O2S. The molecular weight excluding hydrogens is 252 g/mol. The summed E-state index contributed by atoms with van der Waals surface area (Å²) >= 11 is 0. The minimum absolute atomic E-state index is 0.311. The zero-order valence-electron chi connectivity index (χ0n) is 11.4. The summed E-state index contributed by atoms with van der Waals surface area (Å²) in [5.74, 6) is 0.394. The molecule has 0 spiro atoms. The number of nitrogens with zero attached hydrogens (tertiary/aromatic N) is 1. The van der Waals surface area contributed by atoms with Gasteiger partial charge in [-0.1, -0.05) is 12.8 Å². The van der Waals surface area contributed by atoms with Crippen LogP contribution in [-0.4, -0.2) is 38.8 Å². The van der Waals surface area contributed by atoms with Crippen molar-refractivity contribution in [1.29, 1.82) is 0 Å². The van der Waals surface area contributed by atoms with E-state index in [0.29, 0.717) is 18.5 Å². The molecule has 0 aromatic heterocycles. The Labute approximate surface area is 109 Å². The summed E-state index contributed by atoms with van der Waals surface area (Å²) < 4.78 is 24.9. The van der Waals surface area contributed by atoms with Crippen molar-refractivity contribution >= 4 is 16.0 Å². The first-order valence-electron chi connectivity index (χ1n) is 6.23. The first-order chi connectivity index (χ1) is 8.18. The van der Waals surface area contributed by atoms with Gasteiger partial charge in [0, 0.05) is 11.6 Å². The van der Waals surface area contributed by atoms with E-state index in [1.165, 1.54) is 12.8 Å². The van der Waals surface area contributed by atoms with E-state index in [2.05, 4.69) is 15.0 Å². The molecule has 0 saturated heterocycles. The Kier molecular flexibility index (Phi) is 4.98. The molecule has 4 N–H and O–H groups in total. The highest BCUT2D eigenvalue weighted by molar-refractivity contribution is 7.88. The van der Waals surface area contributed by atoms with Crippen molar-refractivity contribution in [2.75, 3.05) is 12.8 Å². The van der Waals surface area contributed by atoms with E-state index >= 15 is 0 Å². The molecule has 6 nitrogen and oxygen atoms in total. The third-order valence-corrected chi connectivity index (χ3v) is 3.74. The van der Waals surface area contributed by atoms with Gasteiger partial charge in [0.1, 0.15) is 0 Å². The lowest BCUT2D eigenvalue weighted by atomic mass is 10.1. The highest BCUT2D eigenvalue weighted by Crippen LogP contribution is 2.17. The number of hydrogen-bond acceptors (Lipinski definition) is 3. The number of rotatable bonds is 5. The van der Waals surface area contributed by atoms with Crippen LogP contribution in [0.15, 0.2) is 4.99 Å². The molecule has 1 aliphatic rings. The summed E-state index contributed by atoms with van der Waals surface area (Å²) in [7, 11) is -3.23. The molecule has 1 aliphatic carbocycles. The normalized spacial score (nSPS) is 19.2. The van der Waals surface area contributed by atoms with Crippen LogP contribution in [0.4, 0.5) is 0 Å². The molecule has 0 aromatic rings. The van der Waals surface area contributed by atoms with Crippen LogP contribution in [0.3, 0.4) is 0 Å². The van der Waals surface area contributed by atoms with Crippen LogP contribution in [0.1, 0.15) is 39.5 Å². The predicted molar refractivity (Wildman–Crippen MR) is 73.9 cm³/mol. The van der Waals surface area contributed by atoms with Crippen LogP contribution in [-0.2, 0) is 10.0 Å². The number of nitrogens with one attached hydrogen (secondary N) is 2. The Hall–Kier alpha value is -0.820. The molecule has 0 amide bonds. The Bertz CT molecular complexity index is 397. The van der Waals surface area contributed by atoms with Gasteiger partial charge in [-0.2, -0.15) is 0 Å². The smallest absolute Gasteiger partial charge is 0.209 e. The maximum Gasteiger partial charge on any atom is 0.209 e. The second kappa shape index (κ2) is 5.88. The minimum atomic E-state index is -3.23. The van der Waals surface area contributed by atoms with Crippen molar-refractivity contribution in [2.24, 2.45) is 10.7 Å². The second-order valence-corrected chi connectivity index (χ2v) is 7.33. The van der Waals surface area contributed by atoms with Gasteiger partial charge in [0.15, 0.2) is 5.96 Å². The topological polar surface area (TPSA) is 96.6 Å². The van der Waals surface area contributed by atoms with E-state index in [4.69, 9.17) is 5.73 Å². The summed E-state index contributed by atoms with van der Waals surface area (Å²) in [5, 5.41) is 3.16. The van der Waals surface area contributed by atoms with Gasteiger partial charge in [-0.05, 0) is 26.7 Å². The average molecular weight is 276 g/mol. The largest absolute Gasteiger partial charge is 0.370 e. The predicted octanol–water partition coefficient (Wildman–Crippen LogP) is 0.161. The zero-order valence-corrected chi connectivity index (χ0v) is 12.2. The van der Waals surface area contributed by atoms with Crippen LogP contribution in [0, 0.1) is 0 Å². The fraction of sp³-hybridized carbons (Fsp3) is 0.909. The number of sulfonamides is 1. The highest BCUT2D eigenvalue weighted by atomic mass is 32.2. The van der Waals surface area contributed by atoms with Gasteiger partial charge in [-0.25, -0.2) is 13.1 Å². The van der Waals surface area contributed by atoms with Gasteiger partial charge in [-0.15, -0.1) is 0 Å². The van der Waals surface area contributed by atoms with Crippen molar-refractivity contribution in [3.05, 3.63) is 0 Å². The second-order valence-electron chi connectivity index (χ2n) is 5.59. The lowest BCUT2D eigenvalue weighted by Crippen LogP contribution is -2.46. The first kappa shape index (κ1) is 15.2. The monoisotopic (exact) mass is 276 g/mol. The summed E-state index contributed by atoms with van der Waals surface area (Å²) in [5.41, 5.74) is 5.16.